The molecule has 11 nitrogen and oxygen atoms in total. The third-order valence-electron chi connectivity index (χ3n) is 5.16. The predicted molar refractivity (Wildman–Crippen MR) is 161 cm³/mol. The fraction of sp³-hybridized carbons (Fsp3) is 0.867. The van der Waals surface area contributed by atoms with Crippen molar-refractivity contribution in [1.82, 2.24) is 15.5 Å². The lowest BCUT2D eigenvalue weighted by Gasteiger charge is -2.23. The Labute approximate surface area is 248 Å². The molecule has 0 aliphatic rings. The summed E-state index contributed by atoms with van der Waals surface area (Å²) in [5, 5.41) is 5.62. The Morgan fingerprint density at radius 3 is 1.39 bits per heavy atom. The van der Waals surface area contributed by atoms with Crippen LogP contribution in [0.3, 0.4) is 0 Å². The smallest absolute Gasteiger partial charge is 0.407 e. The van der Waals surface area contributed by atoms with Gasteiger partial charge in [0.05, 0.1) is 52.9 Å². The monoisotopic (exact) mass is 589 g/mol. The molecule has 0 aromatic rings. The molecular formula is C30H59N3O8. The van der Waals surface area contributed by atoms with Crippen LogP contribution in [0.15, 0.2) is 12.2 Å². The van der Waals surface area contributed by atoms with Gasteiger partial charge in [0.1, 0.15) is 11.2 Å². The molecule has 2 N–H and O–H groups in total. The van der Waals surface area contributed by atoms with Crippen LogP contribution in [0.1, 0.15) is 74.1 Å². The van der Waals surface area contributed by atoms with E-state index < -0.39 is 11.2 Å². The molecule has 2 amide bonds. The first-order valence-electron chi connectivity index (χ1n) is 14.9. The number of alkyl carbamates (subject to hydrolysis) is 2. The van der Waals surface area contributed by atoms with Crippen molar-refractivity contribution in [3.8, 4) is 0 Å². The molecule has 0 aliphatic heterocycles. The van der Waals surface area contributed by atoms with E-state index in [0.717, 1.165) is 50.9 Å². The Hall–Kier alpha value is -1.92. The first-order valence-corrected chi connectivity index (χ1v) is 14.9. The molecule has 0 heterocycles. The molecule has 0 aliphatic carbocycles. The molecule has 0 spiro atoms. The van der Waals surface area contributed by atoms with Gasteiger partial charge >= 0.3 is 12.2 Å². The van der Waals surface area contributed by atoms with E-state index in [4.69, 9.17) is 28.4 Å². The second kappa shape index (κ2) is 23.6. The summed E-state index contributed by atoms with van der Waals surface area (Å²) in [6, 6.07) is 0. The highest BCUT2D eigenvalue weighted by molar-refractivity contribution is 5.67. The number of ether oxygens (including phenoxy) is 6. The second-order valence-corrected chi connectivity index (χ2v) is 12.0. The van der Waals surface area contributed by atoms with Gasteiger partial charge in [-0.15, -0.1) is 0 Å². The van der Waals surface area contributed by atoms with Crippen molar-refractivity contribution in [2.75, 3.05) is 85.6 Å². The van der Waals surface area contributed by atoms with E-state index in [9.17, 15) is 9.59 Å². The Kier molecular flexibility index (Phi) is 22.5. The van der Waals surface area contributed by atoms with E-state index in [1.807, 2.05) is 48.5 Å². The lowest BCUT2D eigenvalue weighted by Crippen LogP contribution is -2.34. The molecule has 0 aromatic heterocycles. The number of rotatable bonds is 24. The van der Waals surface area contributed by atoms with Crippen LogP contribution in [0.4, 0.5) is 9.59 Å². The van der Waals surface area contributed by atoms with Crippen LogP contribution in [-0.2, 0) is 28.4 Å². The Morgan fingerprint density at radius 1 is 0.610 bits per heavy atom. The molecule has 0 fully saturated rings. The average molecular weight is 590 g/mol. The van der Waals surface area contributed by atoms with Crippen molar-refractivity contribution in [2.45, 2.75) is 85.4 Å². The summed E-state index contributed by atoms with van der Waals surface area (Å²) in [5.74, 6) is 0. The van der Waals surface area contributed by atoms with Gasteiger partial charge in [0.25, 0.3) is 0 Å². The number of nitrogens with one attached hydrogen (secondary N) is 2. The number of nitrogens with zero attached hydrogens (tertiary/aromatic N) is 1. The van der Waals surface area contributed by atoms with Crippen LogP contribution in [0.5, 0.6) is 0 Å². The van der Waals surface area contributed by atoms with Gasteiger partial charge in [-0.1, -0.05) is 12.2 Å². The number of hydrogen-bond donors (Lipinski definition) is 2. The van der Waals surface area contributed by atoms with Crippen LogP contribution in [0, 0.1) is 0 Å². The average Bonchev–Trinajstić information content (AvgIpc) is 2.83. The van der Waals surface area contributed by atoms with Crippen molar-refractivity contribution in [3.63, 3.8) is 0 Å². The zero-order valence-corrected chi connectivity index (χ0v) is 26.9. The van der Waals surface area contributed by atoms with Crippen LogP contribution < -0.4 is 10.6 Å². The predicted octanol–water partition coefficient (Wildman–Crippen LogP) is 4.54. The van der Waals surface area contributed by atoms with Gasteiger partial charge in [0, 0.05) is 19.6 Å². The van der Waals surface area contributed by atoms with Crippen molar-refractivity contribution in [1.29, 1.82) is 0 Å². The molecule has 0 rings (SSSR count). The van der Waals surface area contributed by atoms with Crippen LogP contribution in [0.2, 0.25) is 0 Å². The molecule has 11 heteroatoms. The standard InChI is InChI=1S/C30H59N3O8/c1-26(2)25-39-24-23-38-22-21-37-20-19-36-18-17-33(15-11-9-13-31-27(34)40-29(3,4)5)16-12-10-14-32-28(35)41-30(6,7)8/h1,9-25H2,2-8H3,(H,31,34)(H,32,35). The molecule has 0 bridgehead atoms. The Balaban J connectivity index is 4.13. The van der Waals surface area contributed by atoms with Gasteiger partial charge in [-0.2, -0.15) is 0 Å². The Morgan fingerprint density at radius 2 is 1.00 bits per heavy atom. The van der Waals surface area contributed by atoms with E-state index in [0.29, 0.717) is 65.9 Å². The number of unbranched alkanes of at least 4 members (excludes halogenated alkanes) is 2. The normalized spacial score (nSPS) is 11.9. The van der Waals surface area contributed by atoms with Gasteiger partial charge in [-0.05, 0) is 87.2 Å². The van der Waals surface area contributed by atoms with E-state index in [-0.39, 0.29) is 12.2 Å². The minimum atomic E-state index is -0.502. The Bertz CT molecular complexity index is 654. The highest BCUT2D eigenvalue weighted by Gasteiger charge is 2.16. The number of carbonyl (C=O) groups excluding carboxylic acids is 2. The third-order valence-corrected chi connectivity index (χ3v) is 5.16. The maximum absolute atomic E-state index is 11.8. The van der Waals surface area contributed by atoms with Crippen molar-refractivity contribution < 1.29 is 38.0 Å². The van der Waals surface area contributed by atoms with Gasteiger partial charge in [0.15, 0.2) is 0 Å². The summed E-state index contributed by atoms with van der Waals surface area (Å²) in [6.45, 7) is 24.9. The summed E-state index contributed by atoms with van der Waals surface area (Å²) in [7, 11) is 0. The summed E-state index contributed by atoms with van der Waals surface area (Å²) in [6.07, 6.45) is 2.81. The lowest BCUT2D eigenvalue weighted by atomic mass is 10.2. The molecule has 0 atom stereocenters. The van der Waals surface area contributed by atoms with Gasteiger partial charge in [0.2, 0.25) is 0 Å². The minimum Gasteiger partial charge on any atom is -0.444 e. The number of hydrogen-bond acceptors (Lipinski definition) is 9. The van der Waals surface area contributed by atoms with Crippen molar-refractivity contribution in [2.24, 2.45) is 0 Å². The number of carbonyl (C=O) groups is 2. The summed E-state index contributed by atoms with van der Waals surface area (Å²) in [5.41, 5.74) is -0.00713. The number of amides is 2. The van der Waals surface area contributed by atoms with Gasteiger partial charge in [-0.25, -0.2) is 9.59 Å². The second-order valence-electron chi connectivity index (χ2n) is 12.0. The SMILES string of the molecule is C=C(C)COCCOCCOCCOCCN(CCCCNC(=O)OC(C)(C)C)CCCCNC(=O)OC(C)(C)C. The quantitative estimate of drug-likeness (QED) is 0.124. The van der Waals surface area contributed by atoms with Crippen molar-refractivity contribution in [3.05, 3.63) is 12.2 Å². The van der Waals surface area contributed by atoms with E-state index in [1.54, 1.807) is 0 Å². The fourth-order valence-corrected chi connectivity index (χ4v) is 3.37. The van der Waals surface area contributed by atoms with Crippen LogP contribution >= 0.6 is 0 Å². The summed E-state index contributed by atoms with van der Waals surface area (Å²) < 4.78 is 32.7. The lowest BCUT2D eigenvalue weighted by molar-refractivity contribution is -0.00195. The van der Waals surface area contributed by atoms with Crippen molar-refractivity contribution >= 4 is 12.2 Å². The van der Waals surface area contributed by atoms with Gasteiger partial charge in [-0.3, -0.25) is 0 Å². The third kappa shape index (κ3) is 30.9. The van der Waals surface area contributed by atoms with Gasteiger partial charge < -0.3 is 44.0 Å². The molecule has 0 radical (unpaired) electrons. The molecule has 0 aromatic carbocycles. The molecule has 0 unspecified atom stereocenters. The topological polar surface area (TPSA) is 117 Å². The summed E-state index contributed by atoms with van der Waals surface area (Å²) >= 11 is 0. The van der Waals surface area contributed by atoms with Crippen LogP contribution in [-0.4, -0.2) is 114 Å². The highest BCUT2D eigenvalue weighted by Crippen LogP contribution is 2.07. The molecule has 0 saturated carbocycles. The first-order chi connectivity index (χ1) is 19.3. The first kappa shape index (κ1) is 39.1. The van der Waals surface area contributed by atoms with E-state index >= 15 is 0 Å². The largest absolute Gasteiger partial charge is 0.444 e. The molecule has 41 heavy (non-hydrogen) atoms. The zero-order valence-electron chi connectivity index (χ0n) is 26.9. The van der Waals surface area contributed by atoms with E-state index in [2.05, 4.69) is 22.1 Å². The van der Waals surface area contributed by atoms with Crippen LogP contribution in [0.25, 0.3) is 0 Å². The molecular weight excluding hydrogens is 530 g/mol. The molecule has 242 valence electrons. The maximum Gasteiger partial charge on any atom is 0.407 e. The zero-order chi connectivity index (χ0) is 31.0. The minimum absolute atomic E-state index is 0.387. The fourth-order valence-electron chi connectivity index (χ4n) is 3.37. The summed E-state index contributed by atoms with van der Waals surface area (Å²) in [4.78, 5) is 26.0. The highest BCUT2D eigenvalue weighted by atomic mass is 16.6. The maximum atomic E-state index is 11.8. The molecule has 0 saturated heterocycles. The van der Waals surface area contributed by atoms with E-state index in [1.165, 1.54) is 0 Å².